The second-order valence-electron chi connectivity index (χ2n) is 6.76. The summed E-state index contributed by atoms with van der Waals surface area (Å²) in [5, 5.41) is 8.12. The van der Waals surface area contributed by atoms with Gasteiger partial charge >= 0.3 is 0 Å². The Bertz CT molecular complexity index is 410. The highest BCUT2D eigenvalue weighted by Crippen LogP contribution is 2.41. The van der Waals surface area contributed by atoms with Gasteiger partial charge in [0.1, 0.15) is 0 Å². The van der Waals surface area contributed by atoms with Gasteiger partial charge in [-0.1, -0.05) is 25.7 Å². The van der Waals surface area contributed by atoms with Crippen LogP contribution in [0.25, 0.3) is 0 Å². The highest BCUT2D eigenvalue weighted by Gasteiger charge is 2.32. The van der Waals surface area contributed by atoms with Crippen molar-refractivity contribution in [3.63, 3.8) is 0 Å². The molecule has 3 unspecified atom stereocenters. The van der Waals surface area contributed by atoms with Gasteiger partial charge in [-0.05, 0) is 44.9 Å². The summed E-state index contributed by atoms with van der Waals surface area (Å²) in [5.41, 5.74) is 1.20. The van der Waals surface area contributed by atoms with Gasteiger partial charge < -0.3 is 5.32 Å². The van der Waals surface area contributed by atoms with Crippen LogP contribution in [0, 0.1) is 11.8 Å². The van der Waals surface area contributed by atoms with E-state index in [1.54, 1.807) is 0 Å². The van der Waals surface area contributed by atoms with Crippen LogP contribution in [0.5, 0.6) is 0 Å². The van der Waals surface area contributed by atoms with Crippen molar-refractivity contribution in [1.29, 1.82) is 0 Å². The van der Waals surface area contributed by atoms with E-state index in [1.165, 1.54) is 50.6 Å². The van der Waals surface area contributed by atoms with Crippen LogP contribution in [0.3, 0.4) is 0 Å². The highest BCUT2D eigenvalue weighted by molar-refractivity contribution is 5.39. The largest absolute Gasteiger partial charge is 0.380 e. The van der Waals surface area contributed by atoms with Crippen LogP contribution in [0.2, 0.25) is 0 Å². The maximum absolute atomic E-state index is 4.42. The fourth-order valence-electron chi connectivity index (χ4n) is 3.94. The molecule has 3 nitrogen and oxygen atoms in total. The van der Waals surface area contributed by atoms with E-state index in [1.807, 2.05) is 10.9 Å². The predicted octanol–water partition coefficient (Wildman–Crippen LogP) is 4.23. The Balaban J connectivity index is 1.57. The molecule has 0 radical (unpaired) electrons. The Morgan fingerprint density at radius 3 is 2.68 bits per heavy atom. The Hall–Kier alpha value is -0.990. The van der Waals surface area contributed by atoms with E-state index in [0.717, 1.165) is 11.8 Å². The fourth-order valence-corrected chi connectivity index (χ4v) is 3.94. The van der Waals surface area contributed by atoms with Crippen LogP contribution < -0.4 is 5.32 Å². The van der Waals surface area contributed by atoms with Crippen LogP contribution in [0.15, 0.2) is 12.4 Å². The van der Waals surface area contributed by atoms with E-state index in [-0.39, 0.29) is 0 Å². The molecule has 1 aromatic rings. The van der Waals surface area contributed by atoms with E-state index in [0.29, 0.717) is 12.1 Å². The second-order valence-corrected chi connectivity index (χ2v) is 6.76. The molecule has 0 bridgehead atoms. The zero-order valence-electron chi connectivity index (χ0n) is 12.3. The average molecular weight is 261 g/mol. The standard InChI is InChI=1S/C16H27N3/c1-12(2)19-11-16(10-17-19)18-15-8-7-13-5-3-4-6-14(13)9-15/h10-15,18H,3-9H2,1-2H3. The van der Waals surface area contributed by atoms with Gasteiger partial charge in [0.05, 0.1) is 11.9 Å². The van der Waals surface area contributed by atoms with Crippen molar-refractivity contribution < 1.29 is 0 Å². The van der Waals surface area contributed by atoms with Crippen molar-refractivity contribution >= 4 is 5.69 Å². The highest BCUT2D eigenvalue weighted by atomic mass is 15.3. The summed E-state index contributed by atoms with van der Waals surface area (Å²) in [6.07, 6.45) is 14.2. The molecule has 3 rings (SSSR count). The fraction of sp³-hybridized carbons (Fsp3) is 0.812. The lowest BCUT2D eigenvalue weighted by molar-refractivity contribution is 0.162. The molecule has 2 saturated carbocycles. The summed E-state index contributed by atoms with van der Waals surface area (Å²) in [5.74, 6) is 2.02. The molecule has 106 valence electrons. The molecule has 0 saturated heterocycles. The van der Waals surface area contributed by atoms with Crippen molar-refractivity contribution in [2.45, 2.75) is 70.9 Å². The van der Waals surface area contributed by atoms with Gasteiger partial charge in [0, 0.05) is 18.3 Å². The van der Waals surface area contributed by atoms with Gasteiger partial charge in [-0.2, -0.15) is 5.10 Å². The third-order valence-corrected chi connectivity index (χ3v) is 5.04. The van der Waals surface area contributed by atoms with Crippen molar-refractivity contribution in [2.24, 2.45) is 11.8 Å². The van der Waals surface area contributed by atoms with Crippen molar-refractivity contribution in [3.05, 3.63) is 12.4 Å². The Kier molecular flexibility index (Phi) is 3.81. The molecular weight excluding hydrogens is 234 g/mol. The Morgan fingerprint density at radius 2 is 1.95 bits per heavy atom. The summed E-state index contributed by atoms with van der Waals surface area (Å²) in [4.78, 5) is 0. The molecule has 0 aliphatic heterocycles. The molecule has 2 fully saturated rings. The molecule has 3 heteroatoms. The first-order valence-corrected chi connectivity index (χ1v) is 8.03. The molecule has 0 aromatic carbocycles. The van der Waals surface area contributed by atoms with E-state index >= 15 is 0 Å². The summed E-state index contributed by atoms with van der Waals surface area (Å²) >= 11 is 0. The summed E-state index contributed by atoms with van der Waals surface area (Å²) < 4.78 is 2.04. The molecule has 0 spiro atoms. The number of nitrogens with zero attached hydrogens (tertiary/aromatic N) is 2. The smallest absolute Gasteiger partial charge is 0.0728 e. The first-order chi connectivity index (χ1) is 9.22. The summed E-state index contributed by atoms with van der Waals surface area (Å²) in [6.45, 7) is 4.34. The molecule has 1 heterocycles. The Labute approximate surface area is 116 Å². The maximum Gasteiger partial charge on any atom is 0.0728 e. The van der Waals surface area contributed by atoms with Gasteiger partial charge in [-0.3, -0.25) is 4.68 Å². The molecule has 1 aromatic heterocycles. The van der Waals surface area contributed by atoms with Crippen molar-refractivity contribution in [1.82, 2.24) is 9.78 Å². The summed E-state index contributed by atoms with van der Waals surface area (Å²) in [7, 11) is 0. The monoisotopic (exact) mass is 261 g/mol. The molecule has 2 aliphatic rings. The minimum Gasteiger partial charge on any atom is -0.380 e. The second kappa shape index (κ2) is 5.56. The van der Waals surface area contributed by atoms with Crippen molar-refractivity contribution in [3.8, 4) is 0 Å². The third kappa shape index (κ3) is 2.96. The van der Waals surface area contributed by atoms with Gasteiger partial charge in [-0.15, -0.1) is 0 Å². The SMILES string of the molecule is CC(C)n1cc(NC2CCC3CCCCC3C2)cn1. The van der Waals surface area contributed by atoms with Gasteiger partial charge in [0.25, 0.3) is 0 Å². The Morgan fingerprint density at radius 1 is 1.16 bits per heavy atom. The lowest BCUT2D eigenvalue weighted by atomic mass is 9.69. The maximum atomic E-state index is 4.42. The summed E-state index contributed by atoms with van der Waals surface area (Å²) in [6, 6.07) is 1.12. The zero-order chi connectivity index (χ0) is 13.2. The van der Waals surface area contributed by atoms with Gasteiger partial charge in [0.15, 0.2) is 0 Å². The van der Waals surface area contributed by atoms with Crippen LogP contribution in [0.4, 0.5) is 5.69 Å². The van der Waals surface area contributed by atoms with Crippen LogP contribution in [-0.2, 0) is 0 Å². The average Bonchev–Trinajstić information content (AvgIpc) is 2.87. The van der Waals surface area contributed by atoms with Crippen LogP contribution >= 0.6 is 0 Å². The minimum absolute atomic E-state index is 0.449. The molecule has 1 N–H and O–H groups in total. The number of fused-ring (bicyclic) bond motifs is 1. The molecule has 2 aliphatic carbocycles. The topological polar surface area (TPSA) is 29.9 Å². The quantitative estimate of drug-likeness (QED) is 0.882. The van der Waals surface area contributed by atoms with Gasteiger partial charge in [0.2, 0.25) is 0 Å². The van der Waals surface area contributed by atoms with E-state index < -0.39 is 0 Å². The van der Waals surface area contributed by atoms with E-state index in [2.05, 4.69) is 30.5 Å². The molecule has 3 atom stereocenters. The number of hydrogen-bond donors (Lipinski definition) is 1. The molecule has 0 amide bonds. The molecular formula is C16H27N3. The van der Waals surface area contributed by atoms with Crippen molar-refractivity contribution in [2.75, 3.05) is 5.32 Å². The number of hydrogen-bond acceptors (Lipinski definition) is 2. The lowest BCUT2D eigenvalue weighted by Gasteiger charge is -2.39. The molecule has 19 heavy (non-hydrogen) atoms. The predicted molar refractivity (Wildman–Crippen MR) is 79.3 cm³/mol. The minimum atomic E-state index is 0.449. The van der Waals surface area contributed by atoms with Crippen LogP contribution in [0.1, 0.15) is 64.8 Å². The number of anilines is 1. The third-order valence-electron chi connectivity index (χ3n) is 5.04. The number of nitrogens with one attached hydrogen (secondary N) is 1. The van der Waals surface area contributed by atoms with Gasteiger partial charge in [-0.25, -0.2) is 0 Å². The zero-order valence-corrected chi connectivity index (χ0v) is 12.3. The van der Waals surface area contributed by atoms with Crippen LogP contribution in [-0.4, -0.2) is 15.8 Å². The normalized spacial score (nSPS) is 31.2. The number of rotatable bonds is 3. The number of aromatic nitrogens is 2. The van der Waals surface area contributed by atoms with E-state index in [9.17, 15) is 0 Å². The first kappa shape index (κ1) is 13.0. The lowest BCUT2D eigenvalue weighted by Crippen LogP contribution is -2.34. The van der Waals surface area contributed by atoms with E-state index in [4.69, 9.17) is 0 Å². The first-order valence-electron chi connectivity index (χ1n) is 8.03.